The van der Waals surface area contributed by atoms with Gasteiger partial charge in [0.2, 0.25) is 5.91 Å². The van der Waals surface area contributed by atoms with Crippen molar-refractivity contribution in [1.82, 2.24) is 4.90 Å². The van der Waals surface area contributed by atoms with Crippen LogP contribution in [0, 0.1) is 0 Å². The van der Waals surface area contributed by atoms with E-state index in [1.54, 1.807) is 18.2 Å². The quantitative estimate of drug-likeness (QED) is 0.840. The van der Waals surface area contributed by atoms with Gasteiger partial charge in [-0.05, 0) is 31.0 Å². The van der Waals surface area contributed by atoms with Gasteiger partial charge in [-0.3, -0.25) is 9.69 Å². The lowest BCUT2D eigenvalue weighted by atomic mass is 9.91. The van der Waals surface area contributed by atoms with Crippen LogP contribution >= 0.6 is 11.6 Å². The van der Waals surface area contributed by atoms with E-state index in [2.05, 4.69) is 5.32 Å². The monoisotopic (exact) mass is 282 g/mol. The average molecular weight is 283 g/mol. The van der Waals surface area contributed by atoms with Gasteiger partial charge in [0, 0.05) is 23.3 Å². The van der Waals surface area contributed by atoms with Crippen LogP contribution in [0.25, 0.3) is 0 Å². The van der Waals surface area contributed by atoms with Gasteiger partial charge in [-0.25, -0.2) is 0 Å². The van der Waals surface area contributed by atoms with Crippen molar-refractivity contribution in [1.29, 1.82) is 0 Å². The van der Waals surface area contributed by atoms with Crippen LogP contribution in [0.15, 0.2) is 24.3 Å². The lowest BCUT2D eigenvalue weighted by Crippen LogP contribution is -2.45. The Balaban J connectivity index is 1.88. The molecule has 19 heavy (non-hydrogen) atoms. The number of amides is 1. The van der Waals surface area contributed by atoms with Gasteiger partial charge in [-0.2, -0.15) is 0 Å². The zero-order valence-electron chi connectivity index (χ0n) is 10.8. The normalized spacial score (nSPS) is 15.3. The first-order chi connectivity index (χ1) is 9.19. The third kappa shape index (κ3) is 4.20. The predicted octanol–water partition coefficient (Wildman–Crippen LogP) is 2.13. The van der Waals surface area contributed by atoms with Gasteiger partial charge in [0.15, 0.2) is 0 Å². The summed E-state index contributed by atoms with van der Waals surface area (Å²) in [5.41, 5.74) is 0.704. The third-order valence-electron chi connectivity index (χ3n) is 3.43. The van der Waals surface area contributed by atoms with Crippen molar-refractivity contribution >= 4 is 23.2 Å². The summed E-state index contributed by atoms with van der Waals surface area (Å²) >= 11 is 5.87. The molecule has 0 atom stereocenters. The molecule has 1 aromatic rings. The number of aliphatic hydroxyl groups is 1. The molecular weight excluding hydrogens is 264 g/mol. The number of anilines is 1. The molecule has 1 amide bonds. The molecule has 0 spiro atoms. The Bertz CT molecular complexity index is 435. The smallest absolute Gasteiger partial charge is 0.238 e. The standard InChI is InChI=1S/C14H19ClN2O2/c15-11-3-1-4-12(9-11)16-14(19)10-17(7-8-18)13-5-2-6-13/h1,3-4,9,13,18H,2,5-8,10H2,(H,16,19). The zero-order chi connectivity index (χ0) is 13.7. The van der Waals surface area contributed by atoms with Crippen molar-refractivity contribution in [2.75, 3.05) is 25.0 Å². The van der Waals surface area contributed by atoms with Gasteiger partial charge in [0.05, 0.1) is 13.2 Å². The number of nitrogens with one attached hydrogen (secondary N) is 1. The summed E-state index contributed by atoms with van der Waals surface area (Å²) in [6, 6.07) is 7.54. The van der Waals surface area contributed by atoms with Gasteiger partial charge in [0.1, 0.15) is 0 Å². The van der Waals surface area contributed by atoms with Gasteiger partial charge in [-0.1, -0.05) is 24.1 Å². The number of carbonyl (C=O) groups excluding carboxylic acids is 1. The third-order valence-corrected chi connectivity index (χ3v) is 3.67. The Morgan fingerprint density at radius 2 is 2.26 bits per heavy atom. The summed E-state index contributed by atoms with van der Waals surface area (Å²) in [4.78, 5) is 14.0. The highest BCUT2D eigenvalue weighted by Gasteiger charge is 2.25. The fourth-order valence-corrected chi connectivity index (χ4v) is 2.41. The molecule has 104 valence electrons. The maximum Gasteiger partial charge on any atom is 0.238 e. The fourth-order valence-electron chi connectivity index (χ4n) is 2.22. The van der Waals surface area contributed by atoms with Crippen LogP contribution in [-0.4, -0.2) is 41.7 Å². The van der Waals surface area contributed by atoms with E-state index in [0.717, 1.165) is 12.8 Å². The Labute approximate surface area is 118 Å². The number of hydrogen-bond donors (Lipinski definition) is 2. The van der Waals surface area contributed by atoms with Crippen LogP contribution in [0.4, 0.5) is 5.69 Å². The Hall–Kier alpha value is -1.10. The number of hydrogen-bond acceptors (Lipinski definition) is 3. The molecule has 1 fully saturated rings. The predicted molar refractivity (Wildman–Crippen MR) is 76.4 cm³/mol. The molecule has 4 nitrogen and oxygen atoms in total. The molecule has 2 N–H and O–H groups in total. The van der Waals surface area contributed by atoms with Crippen molar-refractivity contribution in [3.63, 3.8) is 0 Å². The summed E-state index contributed by atoms with van der Waals surface area (Å²) < 4.78 is 0. The molecule has 0 radical (unpaired) electrons. The average Bonchev–Trinajstić information content (AvgIpc) is 2.26. The van der Waals surface area contributed by atoms with E-state index >= 15 is 0 Å². The minimum atomic E-state index is -0.0670. The molecular formula is C14H19ClN2O2. The molecule has 1 aliphatic carbocycles. The van der Waals surface area contributed by atoms with E-state index in [0.29, 0.717) is 29.8 Å². The van der Waals surface area contributed by atoms with Gasteiger partial charge in [0.25, 0.3) is 0 Å². The van der Waals surface area contributed by atoms with Gasteiger partial charge < -0.3 is 10.4 Å². The van der Waals surface area contributed by atoms with E-state index in [1.807, 2.05) is 11.0 Å². The molecule has 0 aliphatic heterocycles. The summed E-state index contributed by atoms with van der Waals surface area (Å²) in [6.45, 7) is 0.951. The second kappa shape index (κ2) is 6.89. The second-order valence-electron chi connectivity index (χ2n) is 4.84. The van der Waals surface area contributed by atoms with Crippen LogP contribution in [0.1, 0.15) is 19.3 Å². The van der Waals surface area contributed by atoms with Crippen molar-refractivity contribution in [2.24, 2.45) is 0 Å². The molecule has 1 aromatic carbocycles. The van der Waals surface area contributed by atoms with Gasteiger partial charge in [-0.15, -0.1) is 0 Å². The van der Waals surface area contributed by atoms with E-state index in [1.165, 1.54) is 6.42 Å². The molecule has 1 aliphatic rings. The van der Waals surface area contributed by atoms with Crippen molar-refractivity contribution in [3.8, 4) is 0 Å². The maximum absolute atomic E-state index is 12.0. The highest BCUT2D eigenvalue weighted by atomic mass is 35.5. The van der Waals surface area contributed by atoms with E-state index in [-0.39, 0.29) is 12.5 Å². The molecule has 5 heteroatoms. The first-order valence-corrected chi connectivity index (χ1v) is 6.97. The van der Waals surface area contributed by atoms with Crippen LogP contribution in [-0.2, 0) is 4.79 Å². The number of nitrogens with zero attached hydrogens (tertiary/aromatic N) is 1. The second-order valence-corrected chi connectivity index (χ2v) is 5.27. The van der Waals surface area contributed by atoms with Crippen LogP contribution in [0.3, 0.4) is 0 Å². The first kappa shape index (κ1) is 14.3. The molecule has 0 heterocycles. The molecule has 0 unspecified atom stereocenters. The summed E-state index contributed by atoms with van der Waals surface area (Å²) in [6.07, 6.45) is 3.44. The van der Waals surface area contributed by atoms with Crippen molar-refractivity contribution < 1.29 is 9.90 Å². The first-order valence-electron chi connectivity index (χ1n) is 6.59. The number of carbonyl (C=O) groups is 1. The zero-order valence-corrected chi connectivity index (χ0v) is 11.6. The highest BCUT2D eigenvalue weighted by Crippen LogP contribution is 2.24. The molecule has 0 bridgehead atoms. The highest BCUT2D eigenvalue weighted by molar-refractivity contribution is 6.30. The Morgan fingerprint density at radius 3 is 2.84 bits per heavy atom. The maximum atomic E-state index is 12.0. The largest absolute Gasteiger partial charge is 0.395 e. The summed E-state index contributed by atoms with van der Waals surface area (Å²) in [5, 5.41) is 12.5. The van der Waals surface area contributed by atoms with Crippen molar-refractivity contribution in [3.05, 3.63) is 29.3 Å². The minimum absolute atomic E-state index is 0.0670. The van der Waals surface area contributed by atoms with Crippen LogP contribution < -0.4 is 5.32 Å². The lowest BCUT2D eigenvalue weighted by molar-refractivity contribution is -0.118. The van der Waals surface area contributed by atoms with E-state index < -0.39 is 0 Å². The van der Waals surface area contributed by atoms with E-state index in [9.17, 15) is 4.79 Å². The minimum Gasteiger partial charge on any atom is -0.395 e. The Kier molecular flexibility index (Phi) is 5.19. The Morgan fingerprint density at radius 1 is 1.47 bits per heavy atom. The molecule has 1 saturated carbocycles. The SMILES string of the molecule is O=C(CN(CCO)C1CCC1)Nc1cccc(Cl)c1. The number of rotatable bonds is 6. The van der Waals surface area contributed by atoms with Gasteiger partial charge >= 0.3 is 0 Å². The van der Waals surface area contributed by atoms with E-state index in [4.69, 9.17) is 16.7 Å². The summed E-state index contributed by atoms with van der Waals surface area (Å²) in [7, 11) is 0. The fraction of sp³-hybridized carbons (Fsp3) is 0.500. The number of benzene rings is 1. The number of halogens is 1. The van der Waals surface area contributed by atoms with Crippen LogP contribution in [0.5, 0.6) is 0 Å². The van der Waals surface area contributed by atoms with Crippen LogP contribution in [0.2, 0.25) is 5.02 Å². The number of aliphatic hydroxyl groups excluding tert-OH is 1. The molecule has 0 saturated heterocycles. The lowest BCUT2D eigenvalue weighted by Gasteiger charge is -2.36. The topological polar surface area (TPSA) is 52.6 Å². The molecule has 0 aromatic heterocycles. The molecule has 2 rings (SSSR count). The van der Waals surface area contributed by atoms with Crippen molar-refractivity contribution in [2.45, 2.75) is 25.3 Å². The summed E-state index contributed by atoms with van der Waals surface area (Å²) in [5.74, 6) is -0.0670.